The number of aliphatic hydroxyl groups is 1. The zero-order valence-corrected chi connectivity index (χ0v) is 10.8. The number of benzene rings is 1. The van der Waals surface area contributed by atoms with Gasteiger partial charge in [0.15, 0.2) is 0 Å². The fourth-order valence-electron chi connectivity index (χ4n) is 1.78. The lowest BCUT2D eigenvalue weighted by Crippen LogP contribution is -2.40. The molecule has 0 spiro atoms. The molecule has 0 aliphatic carbocycles. The van der Waals surface area contributed by atoms with E-state index in [2.05, 4.69) is 19.2 Å². The molecule has 0 amide bonds. The van der Waals surface area contributed by atoms with Crippen molar-refractivity contribution in [2.45, 2.75) is 32.2 Å². The SMILES string of the molecule is CCC(CC)(CO)Nc1ccc(N)c(OC)c1. The van der Waals surface area contributed by atoms with Crippen LogP contribution in [0.5, 0.6) is 5.75 Å². The highest BCUT2D eigenvalue weighted by Crippen LogP contribution is 2.28. The minimum atomic E-state index is -0.277. The summed E-state index contributed by atoms with van der Waals surface area (Å²) in [5, 5.41) is 12.9. The van der Waals surface area contributed by atoms with Gasteiger partial charge in [-0.1, -0.05) is 13.8 Å². The highest BCUT2D eigenvalue weighted by Gasteiger charge is 2.24. The van der Waals surface area contributed by atoms with E-state index in [0.717, 1.165) is 18.5 Å². The van der Waals surface area contributed by atoms with E-state index in [1.807, 2.05) is 12.1 Å². The fraction of sp³-hybridized carbons (Fsp3) is 0.538. The molecule has 0 unspecified atom stereocenters. The lowest BCUT2D eigenvalue weighted by Gasteiger charge is -2.32. The van der Waals surface area contributed by atoms with Gasteiger partial charge in [0.2, 0.25) is 0 Å². The molecule has 0 aliphatic heterocycles. The number of rotatable bonds is 6. The lowest BCUT2D eigenvalue weighted by atomic mass is 9.93. The van der Waals surface area contributed by atoms with Gasteiger partial charge in [0.05, 0.1) is 24.9 Å². The normalized spacial score (nSPS) is 11.3. The zero-order valence-electron chi connectivity index (χ0n) is 10.8. The third kappa shape index (κ3) is 3.03. The first kappa shape index (κ1) is 13.6. The van der Waals surface area contributed by atoms with Gasteiger partial charge in [-0.25, -0.2) is 0 Å². The number of aliphatic hydroxyl groups excluding tert-OH is 1. The summed E-state index contributed by atoms with van der Waals surface area (Å²) in [5.41, 5.74) is 7.01. The van der Waals surface area contributed by atoms with Gasteiger partial charge < -0.3 is 20.9 Å². The number of hydrogen-bond acceptors (Lipinski definition) is 4. The summed E-state index contributed by atoms with van der Waals surface area (Å²) in [6.07, 6.45) is 1.71. The van der Waals surface area contributed by atoms with Crippen LogP contribution in [0.15, 0.2) is 18.2 Å². The maximum absolute atomic E-state index is 9.50. The fourth-order valence-corrected chi connectivity index (χ4v) is 1.78. The summed E-state index contributed by atoms with van der Waals surface area (Å²) in [5.74, 6) is 0.647. The summed E-state index contributed by atoms with van der Waals surface area (Å²) in [4.78, 5) is 0. The van der Waals surface area contributed by atoms with Crippen molar-refractivity contribution < 1.29 is 9.84 Å². The van der Waals surface area contributed by atoms with E-state index in [1.54, 1.807) is 13.2 Å². The topological polar surface area (TPSA) is 67.5 Å². The number of nitrogen functional groups attached to an aromatic ring is 1. The van der Waals surface area contributed by atoms with Crippen LogP contribution in [-0.2, 0) is 0 Å². The second-order valence-electron chi connectivity index (χ2n) is 4.23. The molecular weight excluding hydrogens is 216 g/mol. The van der Waals surface area contributed by atoms with E-state index in [1.165, 1.54) is 0 Å². The van der Waals surface area contributed by atoms with Crippen LogP contribution in [-0.4, -0.2) is 24.4 Å². The largest absolute Gasteiger partial charge is 0.495 e. The quantitative estimate of drug-likeness (QED) is 0.665. The van der Waals surface area contributed by atoms with Crippen molar-refractivity contribution in [2.75, 3.05) is 24.8 Å². The summed E-state index contributed by atoms with van der Waals surface area (Å²) in [7, 11) is 1.59. The maximum Gasteiger partial charge on any atom is 0.143 e. The van der Waals surface area contributed by atoms with Gasteiger partial charge in [-0.15, -0.1) is 0 Å². The molecule has 0 saturated heterocycles. The van der Waals surface area contributed by atoms with Crippen LogP contribution in [0.3, 0.4) is 0 Å². The molecule has 0 aliphatic rings. The number of ether oxygens (including phenoxy) is 1. The van der Waals surface area contributed by atoms with Gasteiger partial charge in [-0.3, -0.25) is 0 Å². The molecule has 1 aromatic rings. The van der Waals surface area contributed by atoms with Gasteiger partial charge in [-0.2, -0.15) is 0 Å². The Labute approximate surface area is 103 Å². The average molecular weight is 238 g/mol. The first-order valence-corrected chi connectivity index (χ1v) is 5.93. The lowest BCUT2D eigenvalue weighted by molar-refractivity contribution is 0.202. The first-order chi connectivity index (χ1) is 8.10. The Hall–Kier alpha value is -1.42. The second kappa shape index (κ2) is 5.77. The summed E-state index contributed by atoms with van der Waals surface area (Å²) in [6.45, 7) is 4.22. The van der Waals surface area contributed by atoms with Crippen LogP contribution in [0.4, 0.5) is 11.4 Å². The summed E-state index contributed by atoms with van der Waals surface area (Å²) in [6, 6.07) is 5.55. The average Bonchev–Trinajstić information content (AvgIpc) is 2.38. The Morgan fingerprint density at radius 3 is 2.47 bits per heavy atom. The minimum Gasteiger partial charge on any atom is -0.495 e. The standard InChI is InChI=1S/C13H22N2O2/c1-4-13(5-2,9-16)15-10-6-7-11(14)12(8-10)17-3/h6-8,15-16H,4-5,9,14H2,1-3H3. The van der Waals surface area contributed by atoms with E-state index < -0.39 is 0 Å². The molecule has 0 bridgehead atoms. The number of methoxy groups -OCH3 is 1. The predicted octanol–water partition coefficient (Wildman–Crippen LogP) is 2.24. The monoisotopic (exact) mass is 238 g/mol. The number of anilines is 2. The van der Waals surface area contributed by atoms with Crippen LogP contribution < -0.4 is 15.8 Å². The second-order valence-corrected chi connectivity index (χ2v) is 4.23. The molecule has 96 valence electrons. The molecule has 0 radical (unpaired) electrons. The number of nitrogens with one attached hydrogen (secondary N) is 1. The van der Waals surface area contributed by atoms with Crippen molar-refractivity contribution in [3.63, 3.8) is 0 Å². The molecular formula is C13H22N2O2. The Morgan fingerprint density at radius 2 is 2.00 bits per heavy atom. The van der Waals surface area contributed by atoms with E-state index in [9.17, 15) is 5.11 Å². The van der Waals surface area contributed by atoms with Crippen LogP contribution in [0.1, 0.15) is 26.7 Å². The van der Waals surface area contributed by atoms with Crippen molar-refractivity contribution in [3.8, 4) is 5.75 Å². The zero-order chi connectivity index (χ0) is 12.9. The van der Waals surface area contributed by atoms with Gasteiger partial charge in [-0.05, 0) is 25.0 Å². The third-order valence-electron chi connectivity index (χ3n) is 3.30. The van der Waals surface area contributed by atoms with Crippen molar-refractivity contribution in [2.24, 2.45) is 0 Å². The van der Waals surface area contributed by atoms with E-state index >= 15 is 0 Å². The van der Waals surface area contributed by atoms with E-state index in [0.29, 0.717) is 11.4 Å². The highest BCUT2D eigenvalue weighted by molar-refractivity contribution is 5.62. The Kier molecular flexibility index (Phi) is 4.63. The van der Waals surface area contributed by atoms with E-state index in [-0.39, 0.29) is 12.1 Å². The first-order valence-electron chi connectivity index (χ1n) is 5.93. The Bertz CT molecular complexity index is 354. The summed E-state index contributed by atoms with van der Waals surface area (Å²) >= 11 is 0. The van der Waals surface area contributed by atoms with Gasteiger partial charge >= 0.3 is 0 Å². The molecule has 4 heteroatoms. The maximum atomic E-state index is 9.50. The summed E-state index contributed by atoms with van der Waals surface area (Å²) < 4.78 is 5.17. The molecule has 0 saturated carbocycles. The third-order valence-corrected chi connectivity index (χ3v) is 3.30. The highest BCUT2D eigenvalue weighted by atomic mass is 16.5. The van der Waals surface area contributed by atoms with Crippen molar-refractivity contribution in [1.29, 1.82) is 0 Å². The van der Waals surface area contributed by atoms with Gasteiger partial charge in [0.25, 0.3) is 0 Å². The molecule has 17 heavy (non-hydrogen) atoms. The van der Waals surface area contributed by atoms with Crippen LogP contribution in [0, 0.1) is 0 Å². The van der Waals surface area contributed by atoms with Gasteiger partial charge in [0.1, 0.15) is 5.75 Å². The molecule has 4 N–H and O–H groups in total. The predicted molar refractivity (Wildman–Crippen MR) is 71.4 cm³/mol. The van der Waals surface area contributed by atoms with E-state index in [4.69, 9.17) is 10.5 Å². The van der Waals surface area contributed by atoms with Crippen molar-refractivity contribution in [1.82, 2.24) is 0 Å². The molecule has 0 atom stereocenters. The smallest absolute Gasteiger partial charge is 0.143 e. The molecule has 1 aromatic carbocycles. The van der Waals surface area contributed by atoms with Crippen molar-refractivity contribution >= 4 is 11.4 Å². The molecule has 0 aromatic heterocycles. The van der Waals surface area contributed by atoms with Crippen molar-refractivity contribution in [3.05, 3.63) is 18.2 Å². The Morgan fingerprint density at radius 1 is 1.35 bits per heavy atom. The van der Waals surface area contributed by atoms with Crippen LogP contribution in [0.25, 0.3) is 0 Å². The molecule has 0 fully saturated rings. The van der Waals surface area contributed by atoms with Crippen LogP contribution in [0.2, 0.25) is 0 Å². The molecule has 0 heterocycles. The number of hydrogen-bond donors (Lipinski definition) is 3. The molecule has 4 nitrogen and oxygen atoms in total. The number of nitrogens with two attached hydrogens (primary N) is 1. The van der Waals surface area contributed by atoms with Gasteiger partial charge in [0, 0.05) is 11.8 Å². The molecule has 1 rings (SSSR count). The Balaban J connectivity index is 2.94. The van der Waals surface area contributed by atoms with Crippen LogP contribution >= 0.6 is 0 Å². The minimum absolute atomic E-state index is 0.104.